The van der Waals surface area contributed by atoms with Gasteiger partial charge in [-0.25, -0.2) is 4.79 Å². The highest BCUT2D eigenvalue weighted by Gasteiger charge is 2.42. The van der Waals surface area contributed by atoms with Crippen molar-refractivity contribution in [1.82, 2.24) is 63.4 Å². The molecule has 1 saturated heterocycles. The smallest absolute Gasteiger partial charge is 0.326 e. The highest BCUT2D eigenvalue weighted by molar-refractivity contribution is 6.00. The van der Waals surface area contributed by atoms with Gasteiger partial charge in [0.05, 0.1) is 19.1 Å². The van der Waals surface area contributed by atoms with Gasteiger partial charge in [0.2, 0.25) is 70.9 Å². The van der Waals surface area contributed by atoms with Crippen LogP contribution in [0.15, 0.2) is 69.6 Å². The monoisotopic (exact) mass is 1600 g/mol. The van der Waals surface area contributed by atoms with Gasteiger partial charge in [0.1, 0.15) is 66.2 Å². The Hall–Kier alpha value is -11.0. The Balaban J connectivity index is 1.97. The minimum Gasteiger partial charge on any atom is -0.508 e. The van der Waals surface area contributed by atoms with Gasteiger partial charge in [0, 0.05) is 32.6 Å². The van der Waals surface area contributed by atoms with Crippen LogP contribution in [0.2, 0.25) is 0 Å². The molecule has 0 aromatic heterocycles. The molecule has 636 valence electrons. The molecule has 1 aliphatic heterocycles. The van der Waals surface area contributed by atoms with E-state index in [1.54, 1.807) is 70.2 Å². The quantitative estimate of drug-likeness (QED) is 0.0169. The number of unbranched alkanes of at least 4 members (excludes halogenated alkanes) is 2. The molecular weight excluding hydrogens is 1480 g/mol. The van der Waals surface area contributed by atoms with Gasteiger partial charge in [-0.05, 0) is 163 Å². The van der Waals surface area contributed by atoms with E-state index in [0.717, 1.165) is 0 Å². The number of guanidine groups is 3. The molecule has 12 amide bonds. The average Bonchev–Trinajstić information content (AvgIpc) is 1.60. The van der Waals surface area contributed by atoms with E-state index >= 15 is 4.79 Å². The second-order valence-electron chi connectivity index (χ2n) is 29.3. The molecule has 39 heteroatoms. The molecule has 114 heavy (non-hydrogen) atoms. The molecule has 0 bridgehead atoms. The van der Waals surface area contributed by atoms with E-state index in [1.807, 2.05) is 13.8 Å². The van der Waals surface area contributed by atoms with Gasteiger partial charge >= 0.3 is 5.97 Å². The summed E-state index contributed by atoms with van der Waals surface area (Å²) >= 11 is 0. The summed E-state index contributed by atoms with van der Waals surface area (Å²) in [4.78, 5) is 196. The van der Waals surface area contributed by atoms with E-state index in [1.165, 1.54) is 17.0 Å². The van der Waals surface area contributed by atoms with Crippen molar-refractivity contribution in [1.29, 1.82) is 0 Å². The number of likely N-dealkylation sites (tertiary alicyclic amines) is 1. The van der Waals surface area contributed by atoms with E-state index in [0.29, 0.717) is 49.8 Å². The maximum Gasteiger partial charge on any atom is 0.326 e. The van der Waals surface area contributed by atoms with Crippen LogP contribution in [0.4, 0.5) is 0 Å². The first-order chi connectivity index (χ1) is 54.1. The van der Waals surface area contributed by atoms with Crippen molar-refractivity contribution in [3.8, 4) is 5.75 Å². The first-order valence-electron chi connectivity index (χ1n) is 39.0. The third-order valence-electron chi connectivity index (χ3n) is 18.7. The largest absolute Gasteiger partial charge is 0.508 e. The molecule has 1 aliphatic rings. The molecule has 3 rings (SSSR count). The van der Waals surface area contributed by atoms with Gasteiger partial charge in [0.25, 0.3) is 0 Å². The Bertz CT molecular complexity index is 3520. The SMILES string of the molecule is CC[C@H](C)[C@H](NC(=O)[C@H](CCCN=C(N)N)NC(=O)[C@H](CCCN=C(N)N)NC(=O)[C@H](CC(C)C)NC(=O)[C@H](Cc1ccccc1)NC(=O)CNC(=O)CNC(=O)[C@@H](N)Cc1ccc(O)cc1)C(=O)N[C@@H](CCCN=C(N)N)C(=O)N1CCC[C@@H]1C(=O)N[C@@H](CCCCN)C(=O)N[C@@H](CC(C)C)C(=O)N[C@@H](CCCCN)C(=O)O. The number of phenolic OH excluding ortho intramolecular Hbond substituents is 1. The van der Waals surface area contributed by atoms with Crippen molar-refractivity contribution in [3.63, 3.8) is 0 Å². The molecule has 31 N–H and O–H groups in total. The van der Waals surface area contributed by atoms with Crippen LogP contribution >= 0.6 is 0 Å². The lowest BCUT2D eigenvalue weighted by Crippen LogP contribution is -2.61. The summed E-state index contributed by atoms with van der Waals surface area (Å²) in [5, 5.41) is 48.8. The molecule has 0 unspecified atom stereocenters. The van der Waals surface area contributed by atoms with Crippen molar-refractivity contribution in [3.05, 3.63) is 65.7 Å². The van der Waals surface area contributed by atoms with Crippen LogP contribution in [-0.4, -0.2) is 229 Å². The fraction of sp³-hybridized carbons (Fsp3) is 0.627. The van der Waals surface area contributed by atoms with Crippen LogP contribution in [-0.2, 0) is 75.2 Å². The van der Waals surface area contributed by atoms with Crippen LogP contribution in [0.1, 0.15) is 162 Å². The summed E-state index contributed by atoms with van der Waals surface area (Å²) in [6, 6.07) is 0.244. The predicted molar refractivity (Wildman–Crippen MR) is 430 cm³/mol. The van der Waals surface area contributed by atoms with Crippen molar-refractivity contribution in [2.75, 3.05) is 52.4 Å². The van der Waals surface area contributed by atoms with E-state index in [9.17, 15) is 67.7 Å². The molecule has 1 heterocycles. The Morgan fingerprint density at radius 2 is 0.886 bits per heavy atom. The van der Waals surface area contributed by atoms with E-state index < -0.39 is 162 Å². The number of rotatable bonds is 54. The fourth-order valence-electron chi connectivity index (χ4n) is 12.4. The first kappa shape index (κ1) is 97.2. The van der Waals surface area contributed by atoms with Crippen LogP contribution in [0.25, 0.3) is 0 Å². The number of nitrogens with two attached hydrogens (primary N) is 9. The van der Waals surface area contributed by atoms with Gasteiger partial charge in [-0.2, -0.15) is 0 Å². The molecule has 39 nitrogen and oxygen atoms in total. The number of aliphatic imine (C=N–C) groups is 3. The molecule has 2 aromatic carbocycles. The summed E-state index contributed by atoms with van der Waals surface area (Å²) in [6.07, 6.45) is 2.67. The van der Waals surface area contributed by atoms with Crippen molar-refractivity contribution in [2.45, 2.75) is 230 Å². The average molecular weight is 1600 g/mol. The Morgan fingerprint density at radius 3 is 1.37 bits per heavy atom. The molecule has 0 radical (unpaired) electrons. The van der Waals surface area contributed by atoms with Crippen LogP contribution in [0.5, 0.6) is 5.75 Å². The van der Waals surface area contributed by atoms with Gasteiger partial charge in [0.15, 0.2) is 17.9 Å². The minimum absolute atomic E-state index is 0.00479. The number of carboxylic acid groups (broad SMARTS) is 1. The number of carbonyl (C=O) groups is 13. The number of benzene rings is 2. The molecule has 12 atom stereocenters. The molecule has 0 spiro atoms. The number of carbonyl (C=O) groups excluding carboxylic acids is 12. The number of phenols is 1. The molecule has 1 fully saturated rings. The second kappa shape index (κ2) is 52.4. The van der Waals surface area contributed by atoms with Gasteiger partial charge in [-0.1, -0.05) is 90.4 Å². The second-order valence-corrected chi connectivity index (χ2v) is 29.3. The molecular formula is C75H126N24O15. The van der Waals surface area contributed by atoms with Gasteiger partial charge in [-0.15, -0.1) is 0 Å². The molecule has 0 saturated carbocycles. The summed E-state index contributed by atoms with van der Waals surface area (Å²) in [5.41, 5.74) is 52.6. The number of nitrogens with zero attached hydrogens (tertiary/aromatic N) is 4. The van der Waals surface area contributed by atoms with Crippen molar-refractivity contribution >= 4 is 94.7 Å². The predicted octanol–water partition coefficient (Wildman–Crippen LogP) is -4.27. The third-order valence-corrected chi connectivity index (χ3v) is 18.7. The van der Waals surface area contributed by atoms with Gasteiger partial charge in [-0.3, -0.25) is 72.5 Å². The summed E-state index contributed by atoms with van der Waals surface area (Å²) in [7, 11) is 0. The zero-order valence-corrected chi connectivity index (χ0v) is 66.6. The lowest BCUT2D eigenvalue weighted by Gasteiger charge is -2.32. The first-order valence-corrected chi connectivity index (χ1v) is 39.0. The highest BCUT2D eigenvalue weighted by atomic mass is 16.4. The summed E-state index contributed by atoms with van der Waals surface area (Å²) < 4.78 is 0. The minimum atomic E-state index is -1.48. The van der Waals surface area contributed by atoms with E-state index in [4.69, 9.17) is 51.6 Å². The van der Waals surface area contributed by atoms with Crippen LogP contribution in [0, 0.1) is 17.8 Å². The number of aromatic hydroxyl groups is 1. The molecule has 0 aliphatic carbocycles. The number of nitrogens with one attached hydrogen (secondary N) is 11. The number of hydrogen-bond donors (Lipinski definition) is 22. The summed E-state index contributed by atoms with van der Waals surface area (Å²) in [6.45, 7) is 10.00. The lowest BCUT2D eigenvalue weighted by molar-refractivity contribution is -0.143. The topological polar surface area (TPSA) is 669 Å². The highest BCUT2D eigenvalue weighted by Crippen LogP contribution is 2.22. The van der Waals surface area contributed by atoms with Crippen molar-refractivity contribution in [2.24, 2.45) is 84.3 Å². The lowest BCUT2D eigenvalue weighted by atomic mass is 9.96. The molecule has 2 aromatic rings. The number of amides is 12. The van der Waals surface area contributed by atoms with Gasteiger partial charge < -0.3 is 125 Å². The standard InChI is InChI=1S/C75H126N24O15/c1-7-45(6)61(70(111)94-53(25-17-35-87-75(83)84)71(112)99-36-18-26-58(99)69(110)93-50(21-11-13-31-76)64(105)96-56(38-44(4)5)67(108)95-54(72(113)114)22-12-14-32-77)98-65(106)52(24-16-34-86-74(81)82)91-63(104)51(23-15-33-85-73(79)80)92-66(107)55(37-43(2)3)97-68(109)57(40-46-19-9-8-10-20-46)90-60(102)42-88-59(101)41-89-62(103)49(78)39-47-27-29-48(100)30-28-47/h8-10,19-20,27-30,43-45,49-58,61,100H,7,11-18,21-26,31-42,76-78H2,1-6H3,(H,88,101)(H,89,103)(H,90,102)(H,91,104)(H,92,107)(H,93,110)(H,94,111)(H,95,108)(H,96,105)(H,97,109)(H,98,106)(H,113,114)(H4,79,80,85)(H4,81,82,86)(H4,83,84,87)/t45-,49-,50-,51-,52-,53-,54-,55-,56-,57-,58+,61-/m0/s1. The van der Waals surface area contributed by atoms with Crippen LogP contribution in [0.3, 0.4) is 0 Å². The maximum atomic E-state index is 15.1. The Kier molecular flexibility index (Phi) is 44.7. The normalized spacial score (nSPS) is 15.3. The van der Waals surface area contributed by atoms with E-state index in [-0.39, 0.29) is 158 Å². The number of aliphatic carboxylic acids is 1. The van der Waals surface area contributed by atoms with Crippen LogP contribution < -0.4 is 110 Å². The fourth-order valence-corrected chi connectivity index (χ4v) is 12.4. The third kappa shape index (κ3) is 37.6. The number of hydrogen-bond acceptors (Lipinski definition) is 20. The zero-order chi connectivity index (χ0) is 85.0. The Labute approximate surface area is 666 Å². The number of carboxylic acids is 1. The summed E-state index contributed by atoms with van der Waals surface area (Å²) in [5.74, 6) is -12.5. The maximum absolute atomic E-state index is 15.1. The zero-order valence-electron chi connectivity index (χ0n) is 66.6. The van der Waals surface area contributed by atoms with E-state index in [2.05, 4.69) is 73.5 Å². The Morgan fingerprint density at radius 1 is 0.465 bits per heavy atom. The van der Waals surface area contributed by atoms with Crippen molar-refractivity contribution < 1.29 is 72.5 Å².